The van der Waals surface area contributed by atoms with Gasteiger partial charge >= 0.3 is 0 Å². The molecule has 0 aliphatic heterocycles. The normalized spacial score (nSPS) is 30.6. The molecule has 2 atom stereocenters. The summed E-state index contributed by atoms with van der Waals surface area (Å²) in [4.78, 5) is 0. The molecule has 1 fully saturated rings. The molecule has 1 aromatic heterocycles. The minimum atomic E-state index is 0.257. The third kappa shape index (κ3) is 1.20. The maximum absolute atomic E-state index is 4.93. The van der Waals surface area contributed by atoms with Crippen LogP contribution in [0.2, 0.25) is 0 Å². The summed E-state index contributed by atoms with van der Waals surface area (Å²) < 4.78 is 2.07. The van der Waals surface area contributed by atoms with E-state index in [1.54, 1.807) is 0 Å². The highest BCUT2D eigenvalue weighted by Crippen LogP contribution is 2.67. The molecule has 2 aromatic rings. The van der Waals surface area contributed by atoms with E-state index in [4.69, 9.17) is 5.10 Å². The molecule has 0 radical (unpaired) electrons. The molecule has 1 aromatic carbocycles. The Hall–Kier alpha value is -1.57. The van der Waals surface area contributed by atoms with E-state index in [1.807, 2.05) is 0 Å². The molecule has 2 heteroatoms. The second-order valence-electron chi connectivity index (χ2n) is 6.86. The predicted octanol–water partition coefficient (Wildman–Crippen LogP) is 4.05. The average molecular weight is 252 g/mol. The van der Waals surface area contributed by atoms with Crippen LogP contribution in [-0.2, 0) is 5.41 Å². The quantitative estimate of drug-likeness (QED) is 0.748. The number of para-hydroxylation sites is 1. The number of nitrogens with zero attached hydrogens (tertiary/aromatic N) is 2. The van der Waals surface area contributed by atoms with E-state index in [1.165, 1.54) is 24.1 Å². The zero-order valence-corrected chi connectivity index (χ0v) is 11.9. The van der Waals surface area contributed by atoms with Crippen molar-refractivity contribution in [1.82, 2.24) is 9.78 Å². The molecule has 19 heavy (non-hydrogen) atoms. The summed E-state index contributed by atoms with van der Waals surface area (Å²) >= 11 is 0. The summed E-state index contributed by atoms with van der Waals surface area (Å²) in [5.74, 6) is 0.685. The minimum absolute atomic E-state index is 0.257. The monoisotopic (exact) mass is 252 g/mol. The zero-order valence-electron chi connectivity index (χ0n) is 11.9. The van der Waals surface area contributed by atoms with Crippen LogP contribution in [0.1, 0.15) is 50.8 Å². The van der Waals surface area contributed by atoms with Crippen molar-refractivity contribution in [2.24, 2.45) is 5.41 Å². The van der Waals surface area contributed by atoms with Gasteiger partial charge in [-0.05, 0) is 41.9 Å². The Morgan fingerprint density at radius 3 is 2.58 bits per heavy atom. The van der Waals surface area contributed by atoms with E-state index in [9.17, 15) is 0 Å². The van der Waals surface area contributed by atoms with Crippen LogP contribution < -0.4 is 0 Å². The SMILES string of the molecule is CC1(C)[C@@H]2CC[C@]1(C)c1nn(-c3ccccc3)cc12. The van der Waals surface area contributed by atoms with E-state index in [2.05, 4.69) is 62.0 Å². The molecule has 0 N–H and O–H groups in total. The van der Waals surface area contributed by atoms with Gasteiger partial charge < -0.3 is 0 Å². The minimum Gasteiger partial charge on any atom is -0.240 e. The van der Waals surface area contributed by atoms with E-state index in [0.29, 0.717) is 11.3 Å². The van der Waals surface area contributed by atoms with Crippen LogP contribution in [0.3, 0.4) is 0 Å². The van der Waals surface area contributed by atoms with E-state index < -0.39 is 0 Å². The van der Waals surface area contributed by atoms with Gasteiger partial charge in [0.1, 0.15) is 0 Å². The fourth-order valence-corrected chi connectivity index (χ4v) is 4.25. The highest BCUT2D eigenvalue weighted by molar-refractivity contribution is 5.46. The summed E-state index contributed by atoms with van der Waals surface area (Å²) in [6, 6.07) is 10.4. The lowest BCUT2D eigenvalue weighted by Crippen LogP contribution is -2.32. The first-order valence-electron chi connectivity index (χ1n) is 7.19. The Labute approximate surface area is 114 Å². The second kappa shape index (κ2) is 3.30. The Morgan fingerprint density at radius 2 is 1.89 bits per heavy atom. The van der Waals surface area contributed by atoms with Crippen molar-refractivity contribution in [3.05, 3.63) is 47.8 Å². The van der Waals surface area contributed by atoms with Gasteiger partial charge in [-0.2, -0.15) is 5.10 Å². The molecule has 2 aliphatic carbocycles. The molecule has 2 aliphatic rings. The first kappa shape index (κ1) is 11.3. The summed E-state index contributed by atoms with van der Waals surface area (Å²) in [7, 11) is 0. The van der Waals surface area contributed by atoms with Crippen LogP contribution in [0, 0.1) is 5.41 Å². The standard InChI is InChI=1S/C17H20N2/c1-16(2)14-9-10-17(16,3)15-13(14)11-19(18-15)12-7-5-4-6-8-12/h4-8,11,14H,9-10H2,1-3H3/t14-,17-/m1/s1. The van der Waals surface area contributed by atoms with Crippen LogP contribution in [-0.4, -0.2) is 9.78 Å². The third-order valence-electron chi connectivity index (χ3n) is 5.89. The summed E-state index contributed by atoms with van der Waals surface area (Å²) in [5, 5.41) is 4.93. The van der Waals surface area contributed by atoms with Crippen LogP contribution in [0.15, 0.2) is 36.5 Å². The lowest BCUT2D eigenvalue weighted by Gasteiger charge is -2.34. The van der Waals surface area contributed by atoms with Crippen molar-refractivity contribution in [3.63, 3.8) is 0 Å². The summed E-state index contributed by atoms with van der Waals surface area (Å²) in [6.45, 7) is 7.24. The van der Waals surface area contributed by atoms with Gasteiger partial charge in [-0.1, -0.05) is 39.0 Å². The first-order valence-corrected chi connectivity index (χ1v) is 7.19. The largest absolute Gasteiger partial charge is 0.240 e. The van der Waals surface area contributed by atoms with Gasteiger partial charge in [-0.25, -0.2) is 4.68 Å². The molecular weight excluding hydrogens is 232 g/mol. The van der Waals surface area contributed by atoms with Crippen molar-refractivity contribution >= 4 is 0 Å². The number of benzene rings is 1. The first-order chi connectivity index (χ1) is 9.04. The topological polar surface area (TPSA) is 17.8 Å². The molecule has 0 saturated heterocycles. The molecule has 2 bridgehead atoms. The lowest BCUT2D eigenvalue weighted by atomic mass is 9.70. The number of hydrogen-bond donors (Lipinski definition) is 0. The van der Waals surface area contributed by atoms with Gasteiger partial charge in [-0.15, -0.1) is 0 Å². The van der Waals surface area contributed by atoms with E-state index in [0.717, 1.165) is 5.69 Å². The van der Waals surface area contributed by atoms with Gasteiger partial charge in [0.15, 0.2) is 0 Å². The molecule has 0 amide bonds. The number of rotatable bonds is 1. The maximum Gasteiger partial charge on any atom is 0.0728 e. The Balaban J connectivity index is 1.88. The third-order valence-corrected chi connectivity index (χ3v) is 5.89. The van der Waals surface area contributed by atoms with Gasteiger partial charge in [0.2, 0.25) is 0 Å². The van der Waals surface area contributed by atoms with E-state index >= 15 is 0 Å². The maximum atomic E-state index is 4.93. The fraction of sp³-hybridized carbons (Fsp3) is 0.471. The van der Waals surface area contributed by atoms with Crippen molar-refractivity contribution < 1.29 is 0 Å². The van der Waals surface area contributed by atoms with E-state index in [-0.39, 0.29) is 5.41 Å². The zero-order chi connectivity index (χ0) is 13.3. The molecule has 98 valence electrons. The Bertz CT molecular complexity index is 639. The molecule has 2 nitrogen and oxygen atoms in total. The highest BCUT2D eigenvalue weighted by Gasteiger charge is 2.61. The molecule has 0 spiro atoms. The molecule has 4 rings (SSSR count). The van der Waals surface area contributed by atoms with Gasteiger partial charge in [0.05, 0.1) is 11.4 Å². The smallest absolute Gasteiger partial charge is 0.0728 e. The fourth-order valence-electron chi connectivity index (χ4n) is 4.25. The van der Waals surface area contributed by atoms with Crippen LogP contribution in [0.5, 0.6) is 0 Å². The summed E-state index contributed by atoms with van der Waals surface area (Å²) in [6.07, 6.45) is 4.86. The molecular formula is C17H20N2. The van der Waals surface area contributed by atoms with Crippen LogP contribution in [0.25, 0.3) is 5.69 Å². The van der Waals surface area contributed by atoms with Crippen molar-refractivity contribution in [3.8, 4) is 5.69 Å². The number of aromatic nitrogens is 2. The van der Waals surface area contributed by atoms with Gasteiger partial charge in [0, 0.05) is 11.6 Å². The Morgan fingerprint density at radius 1 is 1.16 bits per heavy atom. The highest BCUT2D eigenvalue weighted by atomic mass is 15.3. The van der Waals surface area contributed by atoms with Gasteiger partial charge in [-0.3, -0.25) is 0 Å². The predicted molar refractivity (Wildman–Crippen MR) is 76.7 cm³/mol. The van der Waals surface area contributed by atoms with Crippen LogP contribution in [0.4, 0.5) is 0 Å². The Kier molecular flexibility index (Phi) is 1.96. The van der Waals surface area contributed by atoms with Crippen molar-refractivity contribution in [2.45, 2.75) is 44.9 Å². The number of fused-ring (bicyclic) bond motifs is 5. The number of hydrogen-bond acceptors (Lipinski definition) is 1. The van der Waals surface area contributed by atoms with Crippen LogP contribution >= 0.6 is 0 Å². The van der Waals surface area contributed by atoms with Crippen molar-refractivity contribution in [1.29, 1.82) is 0 Å². The average Bonchev–Trinajstić information content (AvgIpc) is 2.97. The lowest BCUT2D eigenvalue weighted by molar-refractivity contribution is 0.224. The second-order valence-corrected chi connectivity index (χ2v) is 6.86. The molecule has 1 saturated carbocycles. The summed E-state index contributed by atoms with van der Waals surface area (Å²) in [5.41, 5.74) is 4.62. The van der Waals surface area contributed by atoms with Gasteiger partial charge in [0.25, 0.3) is 0 Å². The van der Waals surface area contributed by atoms with Crippen molar-refractivity contribution in [2.75, 3.05) is 0 Å². The molecule has 0 unspecified atom stereocenters. The molecule has 1 heterocycles.